The minimum absolute atomic E-state index is 0.0673. The lowest BCUT2D eigenvalue weighted by atomic mass is 9.96. The van der Waals surface area contributed by atoms with E-state index in [1.54, 1.807) is 0 Å². The summed E-state index contributed by atoms with van der Waals surface area (Å²) in [5.74, 6) is -0.0673. The molecule has 0 aromatic rings. The fourth-order valence-electron chi connectivity index (χ4n) is 3.56. The van der Waals surface area contributed by atoms with Crippen LogP contribution in [-0.4, -0.2) is 48.7 Å². The number of likely N-dealkylation sites (N-methyl/N-ethyl adjacent to an activating group) is 1. The molecule has 0 heterocycles. The second kappa shape index (κ2) is 7.99. The maximum Gasteiger partial charge on any atom is 0.326 e. The normalized spacial score (nSPS) is 26.4. The Morgan fingerprint density at radius 2 is 2.00 bits per heavy atom. The quantitative estimate of drug-likeness (QED) is 0.696. The van der Waals surface area contributed by atoms with Crippen molar-refractivity contribution in [1.82, 2.24) is 10.2 Å². The zero-order valence-corrected chi connectivity index (χ0v) is 13.9. The zero-order valence-electron chi connectivity index (χ0n) is 13.9. The highest BCUT2D eigenvalue weighted by molar-refractivity contribution is 5.81. The third kappa shape index (κ3) is 3.73. The standard InChI is InChI=1S/C16H32N2O2/c1-6-13(7-2)18(5)14-10-11-16(12-14,17-8-3)15(19)20-9-4/h13-14,17H,6-12H2,1-5H3. The number of nitrogens with one attached hydrogen (secondary N) is 1. The molecule has 2 unspecified atom stereocenters. The van der Waals surface area contributed by atoms with Crippen LogP contribution in [0.2, 0.25) is 0 Å². The first-order valence-electron chi connectivity index (χ1n) is 8.18. The lowest BCUT2D eigenvalue weighted by Crippen LogP contribution is -2.52. The van der Waals surface area contributed by atoms with E-state index in [4.69, 9.17) is 4.74 Å². The Hall–Kier alpha value is -0.610. The number of hydrogen-bond acceptors (Lipinski definition) is 4. The highest BCUT2D eigenvalue weighted by atomic mass is 16.5. The van der Waals surface area contributed by atoms with Gasteiger partial charge in [0.2, 0.25) is 0 Å². The first-order valence-corrected chi connectivity index (χ1v) is 8.18. The minimum Gasteiger partial charge on any atom is -0.465 e. The first-order chi connectivity index (χ1) is 9.54. The molecule has 1 aliphatic rings. The molecule has 0 bridgehead atoms. The van der Waals surface area contributed by atoms with E-state index in [0.29, 0.717) is 18.7 Å². The van der Waals surface area contributed by atoms with Crippen molar-refractivity contribution in [2.24, 2.45) is 0 Å². The van der Waals surface area contributed by atoms with Gasteiger partial charge in [0, 0.05) is 12.1 Å². The molecule has 0 aromatic heterocycles. The second-order valence-corrected chi connectivity index (χ2v) is 5.87. The summed E-state index contributed by atoms with van der Waals surface area (Å²) in [5, 5.41) is 3.40. The SMILES string of the molecule is CCNC1(C(=O)OCC)CCC(N(C)C(CC)CC)C1. The van der Waals surface area contributed by atoms with Crippen molar-refractivity contribution < 1.29 is 9.53 Å². The number of carbonyl (C=O) groups is 1. The molecule has 1 N–H and O–H groups in total. The van der Waals surface area contributed by atoms with E-state index in [1.807, 2.05) is 6.92 Å². The van der Waals surface area contributed by atoms with Gasteiger partial charge in [-0.1, -0.05) is 20.8 Å². The Bertz CT molecular complexity index is 305. The van der Waals surface area contributed by atoms with E-state index in [9.17, 15) is 4.79 Å². The number of ether oxygens (including phenoxy) is 1. The monoisotopic (exact) mass is 284 g/mol. The fourth-order valence-corrected chi connectivity index (χ4v) is 3.56. The van der Waals surface area contributed by atoms with Gasteiger partial charge in [-0.15, -0.1) is 0 Å². The van der Waals surface area contributed by atoms with Crippen molar-refractivity contribution >= 4 is 5.97 Å². The molecule has 4 nitrogen and oxygen atoms in total. The molecule has 4 heteroatoms. The molecule has 20 heavy (non-hydrogen) atoms. The molecule has 0 aliphatic heterocycles. The molecule has 118 valence electrons. The van der Waals surface area contributed by atoms with Crippen LogP contribution < -0.4 is 5.32 Å². The van der Waals surface area contributed by atoms with Crippen molar-refractivity contribution in [3.63, 3.8) is 0 Å². The molecule has 1 saturated carbocycles. The number of esters is 1. The van der Waals surface area contributed by atoms with Crippen molar-refractivity contribution in [3.05, 3.63) is 0 Å². The van der Waals surface area contributed by atoms with Crippen LogP contribution in [0, 0.1) is 0 Å². The number of hydrogen-bond donors (Lipinski definition) is 1. The smallest absolute Gasteiger partial charge is 0.326 e. The molecule has 0 saturated heterocycles. The third-order valence-corrected chi connectivity index (χ3v) is 4.76. The van der Waals surface area contributed by atoms with Crippen LogP contribution in [-0.2, 0) is 9.53 Å². The Kier molecular flexibility index (Phi) is 6.96. The van der Waals surface area contributed by atoms with Gasteiger partial charge in [0.05, 0.1) is 6.61 Å². The van der Waals surface area contributed by atoms with Gasteiger partial charge in [-0.2, -0.15) is 0 Å². The summed E-state index contributed by atoms with van der Waals surface area (Å²) in [7, 11) is 2.20. The summed E-state index contributed by atoms with van der Waals surface area (Å²) < 4.78 is 5.30. The number of carbonyl (C=O) groups excluding carboxylic acids is 1. The van der Waals surface area contributed by atoms with Gasteiger partial charge in [0.15, 0.2) is 0 Å². The van der Waals surface area contributed by atoms with Gasteiger partial charge in [-0.25, -0.2) is 0 Å². The van der Waals surface area contributed by atoms with E-state index in [-0.39, 0.29) is 5.97 Å². The van der Waals surface area contributed by atoms with Crippen LogP contribution in [0.4, 0.5) is 0 Å². The predicted molar refractivity (Wildman–Crippen MR) is 82.8 cm³/mol. The first kappa shape index (κ1) is 17.4. The fraction of sp³-hybridized carbons (Fsp3) is 0.938. The van der Waals surface area contributed by atoms with Gasteiger partial charge >= 0.3 is 5.97 Å². The Labute approximate surface area is 124 Å². The van der Waals surface area contributed by atoms with Crippen molar-refractivity contribution in [2.75, 3.05) is 20.2 Å². The van der Waals surface area contributed by atoms with Gasteiger partial charge in [0.25, 0.3) is 0 Å². The minimum atomic E-state index is -0.463. The topological polar surface area (TPSA) is 41.6 Å². The van der Waals surface area contributed by atoms with Crippen molar-refractivity contribution in [2.45, 2.75) is 77.4 Å². The van der Waals surface area contributed by atoms with E-state index < -0.39 is 5.54 Å². The van der Waals surface area contributed by atoms with Gasteiger partial charge < -0.3 is 15.0 Å². The van der Waals surface area contributed by atoms with Crippen LogP contribution in [0.1, 0.15) is 59.8 Å². The summed E-state index contributed by atoms with van der Waals surface area (Å²) in [6, 6.07) is 1.09. The molecule has 0 radical (unpaired) electrons. The molecule has 1 rings (SSSR count). The van der Waals surface area contributed by atoms with Crippen LogP contribution >= 0.6 is 0 Å². The van der Waals surface area contributed by atoms with Gasteiger partial charge in [-0.05, 0) is 52.6 Å². The highest BCUT2D eigenvalue weighted by Gasteiger charge is 2.47. The lowest BCUT2D eigenvalue weighted by molar-refractivity contribution is -0.151. The Morgan fingerprint density at radius 3 is 2.50 bits per heavy atom. The van der Waals surface area contributed by atoms with Crippen LogP contribution in [0.5, 0.6) is 0 Å². The van der Waals surface area contributed by atoms with E-state index >= 15 is 0 Å². The van der Waals surface area contributed by atoms with Crippen molar-refractivity contribution in [3.8, 4) is 0 Å². The summed E-state index contributed by atoms with van der Waals surface area (Å²) >= 11 is 0. The molecular weight excluding hydrogens is 252 g/mol. The summed E-state index contributed by atoms with van der Waals surface area (Å²) in [5.41, 5.74) is -0.463. The molecular formula is C16H32N2O2. The van der Waals surface area contributed by atoms with Crippen molar-refractivity contribution in [1.29, 1.82) is 0 Å². The van der Waals surface area contributed by atoms with Crippen LogP contribution in [0.3, 0.4) is 0 Å². The van der Waals surface area contributed by atoms with E-state index in [2.05, 4.69) is 38.0 Å². The molecule has 0 aromatic carbocycles. The highest BCUT2D eigenvalue weighted by Crippen LogP contribution is 2.35. The van der Waals surface area contributed by atoms with E-state index in [0.717, 1.165) is 38.6 Å². The van der Waals surface area contributed by atoms with Gasteiger partial charge in [-0.3, -0.25) is 4.79 Å². The van der Waals surface area contributed by atoms with E-state index in [1.165, 1.54) is 0 Å². The van der Waals surface area contributed by atoms with Crippen LogP contribution in [0.15, 0.2) is 0 Å². The predicted octanol–water partition coefficient (Wildman–Crippen LogP) is 2.57. The van der Waals surface area contributed by atoms with Crippen LogP contribution in [0.25, 0.3) is 0 Å². The van der Waals surface area contributed by atoms with Gasteiger partial charge in [0.1, 0.15) is 5.54 Å². The summed E-state index contributed by atoms with van der Waals surface area (Å²) in [6.07, 6.45) is 5.15. The molecule has 0 spiro atoms. The Balaban J connectivity index is 2.76. The zero-order chi connectivity index (χ0) is 15.2. The summed E-state index contributed by atoms with van der Waals surface area (Å²) in [6.45, 7) is 9.67. The average molecular weight is 284 g/mol. The second-order valence-electron chi connectivity index (χ2n) is 5.87. The molecule has 2 atom stereocenters. The number of nitrogens with zero attached hydrogens (tertiary/aromatic N) is 1. The third-order valence-electron chi connectivity index (χ3n) is 4.76. The maximum atomic E-state index is 12.3. The summed E-state index contributed by atoms with van der Waals surface area (Å²) in [4.78, 5) is 14.8. The maximum absolute atomic E-state index is 12.3. The molecule has 0 amide bonds. The largest absolute Gasteiger partial charge is 0.465 e. The molecule has 1 fully saturated rings. The molecule has 1 aliphatic carbocycles. The number of rotatable bonds is 8. The lowest BCUT2D eigenvalue weighted by Gasteiger charge is -2.34. The average Bonchev–Trinajstić information content (AvgIpc) is 2.86. The Morgan fingerprint density at radius 1 is 1.35 bits per heavy atom.